The Morgan fingerprint density at radius 3 is 2.18 bits per heavy atom. The van der Waals surface area contributed by atoms with E-state index in [1.165, 1.54) is 12.5 Å². The quantitative estimate of drug-likeness (QED) is 0.499. The Bertz CT molecular complexity index is 1290. The van der Waals surface area contributed by atoms with E-state index in [1.807, 2.05) is 47.4 Å². The van der Waals surface area contributed by atoms with Crippen LogP contribution in [0.3, 0.4) is 0 Å². The normalized spacial score (nSPS) is 15.0. The molecular formula is C30H34ClN5O3. The van der Waals surface area contributed by atoms with Crippen LogP contribution in [0.15, 0.2) is 72.8 Å². The fraction of sp³-hybridized carbons (Fsp3) is 0.300. The van der Waals surface area contributed by atoms with Crippen LogP contribution in [0.25, 0.3) is 0 Å². The highest BCUT2D eigenvalue weighted by molar-refractivity contribution is 6.30. The van der Waals surface area contributed by atoms with Gasteiger partial charge in [-0.15, -0.1) is 0 Å². The van der Waals surface area contributed by atoms with Crippen LogP contribution < -0.4 is 20.9 Å². The molecule has 0 atom stereocenters. The van der Waals surface area contributed by atoms with E-state index < -0.39 is 0 Å². The summed E-state index contributed by atoms with van der Waals surface area (Å²) in [5.74, 6) is -0.298. The number of hydrogen-bond donors (Lipinski definition) is 2. The predicted octanol–water partition coefficient (Wildman–Crippen LogP) is 4.19. The molecule has 1 saturated heterocycles. The Kier molecular flexibility index (Phi) is 9.57. The van der Waals surface area contributed by atoms with Crippen LogP contribution in [0, 0.1) is 0 Å². The lowest BCUT2D eigenvalue weighted by Gasteiger charge is -2.35. The van der Waals surface area contributed by atoms with E-state index in [2.05, 4.69) is 21.2 Å². The van der Waals surface area contributed by atoms with Crippen LogP contribution in [0.4, 0.5) is 17.1 Å². The number of rotatable bonds is 5. The summed E-state index contributed by atoms with van der Waals surface area (Å²) in [6.45, 7) is 5.87. The Hall–Kier alpha value is -3.88. The fourth-order valence-corrected chi connectivity index (χ4v) is 4.96. The van der Waals surface area contributed by atoms with Crippen molar-refractivity contribution in [1.29, 1.82) is 0 Å². The van der Waals surface area contributed by atoms with E-state index in [9.17, 15) is 14.4 Å². The zero-order valence-corrected chi connectivity index (χ0v) is 22.9. The molecule has 3 N–H and O–H groups in total. The Morgan fingerprint density at radius 2 is 1.54 bits per heavy atom. The summed E-state index contributed by atoms with van der Waals surface area (Å²) in [6, 6.07) is 23.0. The van der Waals surface area contributed by atoms with Gasteiger partial charge in [0.1, 0.15) is 0 Å². The van der Waals surface area contributed by atoms with E-state index in [0.717, 1.165) is 62.6 Å². The average molecular weight is 548 g/mol. The van der Waals surface area contributed by atoms with Crippen LogP contribution in [0.2, 0.25) is 5.02 Å². The van der Waals surface area contributed by atoms with Crippen molar-refractivity contribution in [2.24, 2.45) is 5.73 Å². The van der Waals surface area contributed by atoms with Gasteiger partial charge in [0.25, 0.3) is 5.91 Å². The van der Waals surface area contributed by atoms with Crippen molar-refractivity contribution >= 4 is 46.4 Å². The van der Waals surface area contributed by atoms with Gasteiger partial charge < -0.3 is 20.9 Å². The molecular weight excluding hydrogens is 514 g/mol. The number of carbonyl (C=O) groups is 3. The van der Waals surface area contributed by atoms with Gasteiger partial charge in [-0.25, -0.2) is 0 Å². The molecule has 2 aliphatic heterocycles. The Morgan fingerprint density at radius 1 is 0.872 bits per heavy atom. The van der Waals surface area contributed by atoms with Crippen molar-refractivity contribution in [2.75, 3.05) is 54.4 Å². The molecule has 39 heavy (non-hydrogen) atoms. The number of para-hydroxylation sites is 1. The molecule has 0 bridgehead atoms. The van der Waals surface area contributed by atoms with Gasteiger partial charge in [0.15, 0.2) is 0 Å². The molecule has 3 amide bonds. The average Bonchev–Trinajstić information content (AvgIpc) is 2.94. The second-order valence-corrected chi connectivity index (χ2v) is 10.1. The number of nitrogens with zero attached hydrogens (tertiary/aromatic N) is 3. The molecule has 0 radical (unpaired) electrons. The van der Waals surface area contributed by atoms with Gasteiger partial charge >= 0.3 is 0 Å². The highest BCUT2D eigenvalue weighted by atomic mass is 35.5. The maximum Gasteiger partial charge on any atom is 0.258 e. The molecule has 1 fully saturated rings. The molecule has 5 rings (SSSR count). The lowest BCUT2D eigenvalue weighted by Crippen LogP contribution is -2.48. The van der Waals surface area contributed by atoms with Crippen molar-refractivity contribution in [1.82, 2.24) is 4.90 Å². The molecule has 0 spiro atoms. The zero-order chi connectivity index (χ0) is 27.8. The highest BCUT2D eigenvalue weighted by Crippen LogP contribution is 2.28. The lowest BCUT2D eigenvalue weighted by atomic mass is 10.0. The van der Waals surface area contributed by atoms with Gasteiger partial charge in [-0.1, -0.05) is 29.8 Å². The van der Waals surface area contributed by atoms with Gasteiger partial charge in [0.2, 0.25) is 11.8 Å². The van der Waals surface area contributed by atoms with E-state index >= 15 is 0 Å². The van der Waals surface area contributed by atoms with Gasteiger partial charge in [-0.2, -0.15) is 0 Å². The minimum atomic E-state index is -0.282. The molecule has 0 unspecified atom stereocenters. The van der Waals surface area contributed by atoms with Crippen LogP contribution in [0.5, 0.6) is 0 Å². The number of carbonyl (C=O) groups excluding carboxylic acids is 3. The molecule has 0 aromatic heterocycles. The van der Waals surface area contributed by atoms with Crippen molar-refractivity contribution < 1.29 is 14.4 Å². The number of amides is 3. The van der Waals surface area contributed by atoms with Crippen molar-refractivity contribution in [3.63, 3.8) is 0 Å². The number of nitrogens with two attached hydrogens (primary N) is 1. The van der Waals surface area contributed by atoms with Gasteiger partial charge in [0.05, 0.1) is 6.54 Å². The number of fused-ring (bicyclic) bond motifs is 1. The summed E-state index contributed by atoms with van der Waals surface area (Å²) >= 11 is 5.64. The van der Waals surface area contributed by atoms with Crippen LogP contribution in [-0.2, 0) is 16.0 Å². The number of piperazine rings is 1. The predicted molar refractivity (Wildman–Crippen MR) is 156 cm³/mol. The summed E-state index contributed by atoms with van der Waals surface area (Å²) in [4.78, 5) is 40.9. The molecule has 9 heteroatoms. The third kappa shape index (κ3) is 7.81. The molecule has 0 saturated carbocycles. The summed E-state index contributed by atoms with van der Waals surface area (Å²) in [7, 11) is 0. The van der Waals surface area contributed by atoms with Crippen molar-refractivity contribution in [2.45, 2.75) is 19.8 Å². The first kappa shape index (κ1) is 28.1. The summed E-state index contributed by atoms with van der Waals surface area (Å²) in [6.07, 6.45) is 2.02. The molecule has 0 aliphatic carbocycles. The van der Waals surface area contributed by atoms with Gasteiger partial charge in [0, 0.05) is 67.3 Å². The largest absolute Gasteiger partial charge is 0.369 e. The monoisotopic (exact) mass is 547 g/mol. The van der Waals surface area contributed by atoms with Gasteiger partial charge in [-0.3, -0.25) is 19.3 Å². The second-order valence-electron chi connectivity index (χ2n) is 9.65. The van der Waals surface area contributed by atoms with Crippen molar-refractivity contribution in [3.05, 3.63) is 88.9 Å². The van der Waals surface area contributed by atoms with Crippen LogP contribution in [-0.4, -0.2) is 61.9 Å². The molecule has 8 nitrogen and oxygen atoms in total. The second kappa shape index (κ2) is 13.3. The maximum absolute atomic E-state index is 13.1. The number of primary amides is 1. The molecule has 3 aromatic carbocycles. The fourth-order valence-electron chi connectivity index (χ4n) is 4.84. The topological polar surface area (TPSA) is 99.0 Å². The number of anilines is 3. The van der Waals surface area contributed by atoms with Crippen LogP contribution >= 0.6 is 11.6 Å². The smallest absolute Gasteiger partial charge is 0.258 e. The first-order valence-electron chi connectivity index (χ1n) is 13.1. The molecule has 204 valence electrons. The SMILES string of the molecule is CC(=O)Nc1ccc(Cl)cc1.NC(=O)CN1CCN(c2ccc(C(=O)N3CCCc4ccccc43)cc2)CC1. The summed E-state index contributed by atoms with van der Waals surface area (Å²) < 4.78 is 0. The lowest BCUT2D eigenvalue weighted by molar-refractivity contribution is -0.119. The number of benzene rings is 3. The van der Waals surface area contributed by atoms with Crippen molar-refractivity contribution in [3.8, 4) is 0 Å². The number of aryl methyl sites for hydroxylation is 1. The van der Waals surface area contributed by atoms with Gasteiger partial charge in [-0.05, 0) is 73.0 Å². The summed E-state index contributed by atoms with van der Waals surface area (Å²) in [5.41, 5.74) is 10.1. The molecule has 2 aliphatic rings. The van der Waals surface area contributed by atoms with E-state index in [4.69, 9.17) is 17.3 Å². The molecule has 3 aromatic rings. The number of halogens is 1. The first-order chi connectivity index (χ1) is 18.8. The number of nitrogens with one attached hydrogen (secondary N) is 1. The highest BCUT2D eigenvalue weighted by Gasteiger charge is 2.24. The van der Waals surface area contributed by atoms with E-state index in [1.54, 1.807) is 24.3 Å². The maximum atomic E-state index is 13.1. The van der Waals surface area contributed by atoms with E-state index in [-0.39, 0.29) is 17.7 Å². The minimum Gasteiger partial charge on any atom is -0.369 e. The zero-order valence-electron chi connectivity index (χ0n) is 22.1. The molecule has 2 heterocycles. The van der Waals surface area contributed by atoms with E-state index in [0.29, 0.717) is 17.1 Å². The minimum absolute atomic E-state index is 0.0602. The third-order valence-corrected chi connectivity index (χ3v) is 7.00. The number of hydrogen-bond acceptors (Lipinski definition) is 5. The third-order valence-electron chi connectivity index (χ3n) is 6.75. The van der Waals surface area contributed by atoms with Crippen LogP contribution in [0.1, 0.15) is 29.3 Å². The first-order valence-corrected chi connectivity index (χ1v) is 13.5. The summed E-state index contributed by atoms with van der Waals surface area (Å²) in [5, 5.41) is 3.30. The Labute approximate surface area is 234 Å². The standard InChI is InChI=1S/C22H26N4O2.C8H8ClNO/c23-21(27)16-24-12-14-25(15-13-24)19-9-7-18(8-10-19)22(28)26-11-3-5-17-4-1-2-6-20(17)26;1-6(11)10-8-4-2-7(9)3-5-8/h1-2,4,6-10H,3,5,11-16H2,(H2,23,27);2-5H,1H3,(H,10,11). The Balaban J connectivity index is 0.000000270.